The summed E-state index contributed by atoms with van der Waals surface area (Å²) in [6.07, 6.45) is 0. The van der Waals surface area contributed by atoms with Gasteiger partial charge in [0.25, 0.3) is 0 Å². The minimum Gasteiger partial charge on any atom is -0.310 e. The number of halogens is 2. The van der Waals surface area contributed by atoms with E-state index >= 15 is 0 Å². The summed E-state index contributed by atoms with van der Waals surface area (Å²) in [5.41, 5.74) is 4.99. The second-order valence-corrected chi connectivity index (χ2v) is 3.75. The van der Waals surface area contributed by atoms with E-state index in [2.05, 4.69) is 0 Å². The Bertz CT molecular complexity index is 407. The van der Waals surface area contributed by atoms with Gasteiger partial charge in [0.15, 0.2) is 0 Å². The molecule has 2 nitrogen and oxygen atoms in total. The fraction of sp³-hybridized carbons (Fsp3) is 0.300. The molecule has 0 radical (unpaired) electrons. The average molecular weight is 213 g/mol. The molecule has 0 aromatic heterocycles. The molecule has 0 aliphatic carbocycles. The predicted octanol–water partition coefficient (Wildman–Crippen LogP) is 2.48. The Morgan fingerprint density at radius 1 is 1.57 bits per heavy atom. The van der Waals surface area contributed by atoms with Crippen molar-refractivity contribution in [3.05, 3.63) is 34.1 Å². The predicted molar refractivity (Wildman–Crippen MR) is 53.3 cm³/mol. The normalized spacial score (nSPS) is 14.6. The SMILES string of the molecule is Cc1ccc(F)c(C(C)(N)C#N)c1Cl. The van der Waals surface area contributed by atoms with E-state index in [4.69, 9.17) is 22.6 Å². The number of nitrogens with zero attached hydrogens (tertiary/aromatic N) is 1. The molecule has 0 saturated carbocycles. The Labute approximate surface area is 87.1 Å². The van der Waals surface area contributed by atoms with Gasteiger partial charge in [-0.05, 0) is 25.5 Å². The number of aryl methyl sites for hydroxylation is 1. The molecule has 1 unspecified atom stereocenters. The summed E-state index contributed by atoms with van der Waals surface area (Å²) >= 11 is 5.89. The first-order chi connectivity index (χ1) is 6.40. The molecule has 14 heavy (non-hydrogen) atoms. The lowest BCUT2D eigenvalue weighted by Gasteiger charge is -2.19. The third kappa shape index (κ3) is 1.72. The summed E-state index contributed by atoms with van der Waals surface area (Å²) in [5.74, 6) is -0.549. The van der Waals surface area contributed by atoms with Crippen molar-refractivity contribution in [3.8, 4) is 6.07 Å². The van der Waals surface area contributed by atoms with E-state index in [1.807, 2.05) is 6.07 Å². The number of benzene rings is 1. The van der Waals surface area contributed by atoms with Gasteiger partial charge in [-0.25, -0.2) is 4.39 Å². The van der Waals surface area contributed by atoms with Crippen molar-refractivity contribution in [2.45, 2.75) is 19.4 Å². The van der Waals surface area contributed by atoms with Crippen LogP contribution in [0.15, 0.2) is 12.1 Å². The lowest BCUT2D eigenvalue weighted by atomic mass is 9.93. The first-order valence-corrected chi connectivity index (χ1v) is 4.43. The number of rotatable bonds is 1. The molecule has 1 aromatic carbocycles. The molecular formula is C10H10ClFN2. The lowest BCUT2D eigenvalue weighted by Crippen LogP contribution is -2.32. The van der Waals surface area contributed by atoms with Crippen molar-refractivity contribution in [1.29, 1.82) is 5.26 Å². The van der Waals surface area contributed by atoms with Gasteiger partial charge in [-0.15, -0.1) is 0 Å². The van der Waals surface area contributed by atoms with Gasteiger partial charge < -0.3 is 5.73 Å². The summed E-state index contributed by atoms with van der Waals surface area (Å²) in [6, 6.07) is 4.63. The first-order valence-electron chi connectivity index (χ1n) is 4.05. The third-order valence-corrected chi connectivity index (χ3v) is 2.52. The van der Waals surface area contributed by atoms with Gasteiger partial charge in [0.2, 0.25) is 0 Å². The summed E-state index contributed by atoms with van der Waals surface area (Å²) in [5, 5.41) is 9.01. The minimum atomic E-state index is -1.40. The number of nitrogens with two attached hydrogens (primary N) is 1. The Balaban J connectivity index is 3.49. The standard InChI is InChI=1S/C10H10ClFN2/c1-6-3-4-7(12)8(9(6)11)10(2,14)5-13/h3-4H,14H2,1-2H3. The highest BCUT2D eigenvalue weighted by molar-refractivity contribution is 6.32. The molecule has 0 saturated heterocycles. The van der Waals surface area contributed by atoms with E-state index in [9.17, 15) is 4.39 Å². The lowest BCUT2D eigenvalue weighted by molar-refractivity contribution is 0.550. The zero-order chi connectivity index (χ0) is 10.9. The van der Waals surface area contributed by atoms with E-state index < -0.39 is 11.4 Å². The fourth-order valence-corrected chi connectivity index (χ4v) is 1.54. The number of hydrogen-bond donors (Lipinski definition) is 1. The second-order valence-electron chi connectivity index (χ2n) is 3.37. The van der Waals surface area contributed by atoms with Crippen LogP contribution in [0.2, 0.25) is 5.02 Å². The van der Waals surface area contributed by atoms with Crippen LogP contribution in [0.5, 0.6) is 0 Å². The molecule has 74 valence electrons. The molecule has 0 heterocycles. The molecule has 2 N–H and O–H groups in total. The van der Waals surface area contributed by atoms with E-state index in [-0.39, 0.29) is 10.6 Å². The van der Waals surface area contributed by atoms with Crippen molar-refractivity contribution in [2.24, 2.45) is 5.73 Å². The van der Waals surface area contributed by atoms with E-state index in [0.29, 0.717) is 5.56 Å². The first kappa shape index (κ1) is 11.0. The highest BCUT2D eigenvalue weighted by atomic mass is 35.5. The molecule has 4 heteroatoms. The fourth-order valence-electron chi connectivity index (χ4n) is 1.19. The van der Waals surface area contributed by atoms with Crippen LogP contribution in [0.1, 0.15) is 18.1 Å². The number of nitriles is 1. The van der Waals surface area contributed by atoms with Crippen LogP contribution in [-0.2, 0) is 5.54 Å². The van der Waals surface area contributed by atoms with Crippen LogP contribution < -0.4 is 5.73 Å². The van der Waals surface area contributed by atoms with E-state index in [0.717, 1.165) is 0 Å². The highest BCUT2D eigenvalue weighted by Gasteiger charge is 2.28. The largest absolute Gasteiger partial charge is 0.310 e. The highest BCUT2D eigenvalue weighted by Crippen LogP contribution is 2.30. The smallest absolute Gasteiger partial charge is 0.131 e. The van der Waals surface area contributed by atoms with Gasteiger partial charge in [-0.1, -0.05) is 17.7 Å². The molecular weight excluding hydrogens is 203 g/mol. The van der Waals surface area contributed by atoms with Crippen LogP contribution in [0.25, 0.3) is 0 Å². The molecule has 1 aromatic rings. The maximum atomic E-state index is 13.4. The zero-order valence-corrected chi connectivity index (χ0v) is 8.69. The molecule has 0 aliphatic heterocycles. The molecule has 0 spiro atoms. The van der Waals surface area contributed by atoms with Crippen LogP contribution in [0, 0.1) is 24.1 Å². The maximum Gasteiger partial charge on any atom is 0.131 e. The van der Waals surface area contributed by atoms with Crippen molar-refractivity contribution in [2.75, 3.05) is 0 Å². The van der Waals surface area contributed by atoms with Crippen molar-refractivity contribution in [3.63, 3.8) is 0 Å². The summed E-state index contributed by atoms with van der Waals surface area (Å²) in [7, 11) is 0. The molecule has 0 amide bonds. The minimum absolute atomic E-state index is 0.0571. The topological polar surface area (TPSA) is 49.8 Å². The summed E-state index contributed by atoms with van der Waals surface area (Å²) < 4.78 is 13.4. The van der Waals surface area contributed by atoms with Gasteiger partial charge in [-0.2, -0.15) is 5.26 Å². The molecule has 1 rings (SSSR count). The van der Waals surface area contributed by atoms with E-state index in [1.165, 1.54) is 13.0 Å². The monoisotopic (exact) mass is 212 g/mol. The van der Waals surface area contributed by atoms with Crippen molar-refractivity contribution < 1.29 is 4.39 Å². The van der Waals surface area contributed by atoms with Crippen LogP contribution >= 0.6 is 11.6 Å². The third-order valence-electron chi connectivity index (χ3n) is 2.04. The van der Waals surface area contributed by atoms with Gasteiger partial charge in [-0.3, -0.25) is 0 Å². The van der Waals surface area contributed by atoms with Gasteiger partial charge in [0.1, 0.15) is 11.4 Å². The number of hydrogen-bond acceptors (Lipinski definition) is 2. The second kappa shape index (κ2) is 3.56. The zero-order valence-electron chi connectivity index (χ0n) is 7.94. The van der Waals surface area contributed by atoms with Gasteiger partial charge in [0, 0.05) is 5.56 Å². The maximum absolute atomic E-state index is 13.4. The Hall–Kier alpha value is -1.11. The Morgan fingerprint density at radius 2 is 2.14 bits per heavy atom. The van der Waals surface area contributed by atoms with Crippen molar-refractivity contribution >= 4 is 11.6 Å². The van der Waals surface area contributed by atoms with Gasteiger partial charge >= 0.3 is 0 Å². The van der Waals surface area contributed by atoms with Crippen molar-refractivity contribution in [1.82, 2.24) is 0 Å². The summed E-state index contributed by atoms with van der Waals surface area (Å²) in [6.45, 7) is 3.16. The molecule has 1 atom stereocenters. The van der Waals surface area contributed by atoms with Crippen LogP contribution in [0.4, 0.5) is 4.39 Å². The molecule has 0 aliphatic rings. The average Bonchev–Trinajstić information content (AvgIpc) is 2.12. The van der Waals surface area contributed by atoms with E-state index in [1.54, 1.807) is 13.0 Å². The molecule has 0 fully saturated rings. The van der Waals surface area contributed by atoms with Crippen LogP contribution in [-0.4, -0.2) is 0 Å². The summed E-state index contributed by atoms with van der Waals surface area (Å²) in [4.78, 5) is 0. The Kier molecular flexibility index (Phi) is 2.79. The quantitative estimate of drug-likeness (QED) is 0.778. The van der Waals surface area contributed by atoms with Gasteiger partial charge in [0.05, 0.1) is 11.1 Å². The Morgan fingerprint density at radius 3 is 2.64 bits per heavy atom. The molecule has 0 bridgehead atoms. The van der Waals surface area contributed by atoms with Crippen LogP contribution in [0.3, 0.4) is 0 Å².